The van der Waals surface area contributed by atoms with E-state index in [9.17, 15) is 23.3 Å². The van der Waals surface area contributed by atoms with Crippen molar-refractivity contribution < 1.29 is 23.2 Å². The van der Waals surface area contributed by atoms with Gasteiger partial charge in [-0.3, -0.25) is 14.9 Å². The number of carboxylic acid groups (broad SMARTS) is 1. The van der Waals surface area contributed by atoms with Crippen LogP contribution in [0.1, 0.15) is 12.8 Å². The predicted molar refractivity (Wildman–Crippen MR) is 71.6 cm³/mol. The van der Waals surface area contributed by atoms with Gasteiger partial charge in [0, 0.05) is 19.2 Å². The number of aliphatic carboxylic acids is 1. The van der Waals surface area contributed by atoms with Gasteiger partial charge in [0.05, 0.1) is 4.92 Å². The van der Waals surface area contributed by atoms with E-state index in [4.69, 9.17) is 5.11 Å². The fourth-order valence-electron chi connectivity index (χ4n) is 1.62. The topological polar surface area (TPSA) is 127 Å². The summed E-state index contributed by atoms with van der Waals surface area (Å²) >= 11 is 0. The van der Waals surface area contributed by atoms with Crippen LogP contribution >= 0.6 is 0 Å². The van der Waals surface area contributed by atoms with Crippen LogP contribution in [0.3, 0.4) is 0 Å². The van der Waals surface area contributed by atoms with E-state index in [0.29, 0.717) is 0 Å². The number of rotatable bonds is 7. The highest BCUT2D eigenvalue weighted by Gasteiger charge is 2.25. The molecule has 0 unspecified atom stereocenters. The zero-order valence-corrected chi connectivity index (χ0v) is 11.5. The van der Waals surface area contributed by atoms with Gasteiger partial charge >= 0.3 is 11.7 Å². The molecule has 0 radical (unpaired) electrons. The van der Waals surface area contributed by atoms with Crippen LogP contribution in [0, 0.1) is 10.1 Å². The molecule has 110 valence electrons. The third kappa shape index (κ3) is 4.19. The van der Waals surface area contributed by atoms with Crippen LogP contribution in [-0.4, -0.2) is 37.2 Å². The monoisotopic (exact) mass is 302 g/mol. The quantitative estimate of drug-likeness (QED) is 0.441. The van der Waals surface area contributed by atoms with Crippen LogP contribution in [0.25, 0.3) is 0 Å². The van der Waals surface area contributed by atoms with Crippen LogP contribution in [0.4, 0.5) is 11.4 Å². The number of sulfone groups is 1. The standard InChI is InChI=1S/C11H14N2O6S/c1-20(18,19)9-5-2-4-8(11(9)13(16)17)12-7-3-6-10(14)15/h2,4-5,12H,3,6-7H2,1H3,(H,14,15). The fraction of sp³-hybridized carbons (Fsp3) is 0.364. The first-order valence-electron chi connectivity index (χ1n) is 5.66. The fourth-order valence-corrected chi connectivity index (χ4v) is 2.48. The molecule has 20 heavy (non-hydrogen) atoms. The average Bonchev–Trinajstić information content (AvgIpc) is 2.32. The van der Waals surface area contributed by atoms with Crippen LogP contribution in [0.2, 0.25) is 0 Å². The van der Waals surface area contributed by atoms with Gasteiger partial charge in [-0.2, -0.15) is 0 Å². The molecule has 2 N–H and O–H groups in total. The number of hydrogen-bond donors (Lipinski definition) is 2. The number of benzene rings is 1. The molecule has 0 aliphatic heterocycles. The molecule has 1 aromatic carbocycles. The van der Waals surface area contributed by atoms with E-state index in [1.54, 1.807) is 0 Å². The van der Waals surface area contributed by atoms with Crippen molar-refractivity contribution in [3.8, 4) is 0 Å². The lowest BCUT2D eigenvalue weighted by Gasteiger charge is -2.08. The first kappa shape index (κ1) is 15.9. The van der Waals surface area contributed by atoms with E-state index in [1.807, 2.05) is 0 Å². The SMILES string of the molecule is CS(=O)(=O)c1cccc(NCCCC(=O)O)c1[N+](=O)[O-]. The second-order valence-electron chi connectivity index (χ2n) is 4.11. The minimum atomic E-state index is -3.72. The van der Waals surface area contributed by atoms with Crippen molar-refractivity contribution in [3.63, 3.8) is 0 Å². The number of hydrogen-bond acceptors (Lipinski definition) is 6. The summed E-state index contributed by atoms with van der Waals surface area (Å²) in [7, 11) is -3.72. The summed E-state index contributed by atoms with van der Waals surface area (Å²) < 4.78 is 23.0. The molecular weight excluding hydrogens is 288 g/mol. The summed E-state index contributed by atoms with van der Waals surface area (Å²) in [6.07, 6.45) is 1.09. The maximum absolute atomic E-state index is 11.5. The Labute approximate surface area is 115 Å². The van der Waals surface area contributed by atoms with Crippen LogP contribution in [0.5, 0.6) is 0 Å². The molecule has 1 aromatic rings. The Balaban J connectivity index is 3.02. The second kappa shape index (κ2) is 6.33. The van der Waals surface area contributed by atoms with E-state index in [-0.39, 0.29) is 30.0 Å². The molecule has 0 aliphatic rings. The lowest BCUT2D eigenvalue weighted by Crippen LogP contribution is -2.09. The third-order valence-electron chi connectivity index (χ3n) is 2.46. The molecule has 0 heterocycles. The first-order chi connectivity index (χ1) is 9.23. The van der Waals surface area contributed by atoms with Crippen LogP contribution in [-0.2, 0) is 14.6 Å². The Morgan fingerprint density at radius 2 is 2.10 bits per heavy atom. The summed E-state index contributed by atoms with van der Waals surface area (Å²) in [5.41, 5.74) is -0.464. The molecular formula is C11H14N2O6S. The van der Waals surface area contributed by atoms with Crippen molar-refractivity contribution in [3.05, 3.63) is 28.3 Å². The number of nitrogens with zero attached hydrogens (tertiary/aromatic N) is 1. The van der Waals surface area contributed by atoms with Crippen molar-refractivity contribution in [1.82, 2.24) is 0 Å². The molecule has 8 nitrogen and oxygen atoms in total. The van der Waals surface area contributed by atoms with Gasteiger partial charge in [-0.25, -0.2) is 8.42 Å². The molecule has 9 heteroatoms. The molecule has 0 saturated heterocycles. The maximum Gasteiger partial charge on any atom is 0.310 e. The van der Waals surface area contributed by atoms with Gasteiger partial charge in [-0.05, 0) is 18.6 Å². The molecule has 0 atom stereocenters. The summed E-state index contributed by atoms with van der Waals surface area (Å²) in [4.78, 5) is 20.3. The summed E-state index contributed by atoms with van der Waals surface area (Å²) in [6, 6.07) is 3.94. The minimum Gasteiger partial charge on any atom is -0.481 e. The zero-order valence-electron chi connectivity index (χ0n) is 10.7. The number of nitrogens with one attached hydrogen (secondary N) is 1. The van der Waals surface area contributed by atoms with Gasteiger partial charge in [-0.1, -0.05) is 6.07 Å². The molecule has 1 rings (SSSR count). The zero-order chi connectivity index (χ0) is 15.3. The van der Waals surface area contributed by atoms with Gasteiger partial charge in [0.1, 0.15) is 10.6 Å². The number of carbonyl (C=O) groups is 1. The molecule has 0 saturated carbocycles. The van der Waals surface area contributed by atoms with E-state index >= 15 is 0 Å². The van der Waals surface area contributed by atoms with Gasteiger partial charge in [-0.15, -0.1) is 0 Å². The number of anilines is 1. The Kier molecular flexibility index (Phi) is 5.03. The van der Waals surface area contributed by atoms with Crippen LogP contribution in [0.15, 0.2) is 23.1 Å². The molecule has 0 fully saturated rings. The third-order valence-corrected chi connectivity index (χ3v) is 3.59. The van der Waals surface area contributed by atoms with E-state index < -0.39 is 26.4 Å². The lowest BCUT2D eigenvalue weighted by atomic mass is 10.2. The molecule has 0 spiro atoms. The van der Waals surface area contributed by atoms with Gasteiger partial charge in [0.25, 0.3) is 0 Å². The van der Waals surface area contributed by atoms with Gasteiger partial charge < -0.3 is 10.4 Å². The first-order valence-corrected chi connectivity index (χ1v) is 7.55. The average molecular weight is 302 g/mol. The maximum atomic E-state index is 11.5. The summed E-state index contributed by atoms with van der Waals surface area (Å²) in [5.74, 6) is -0.966. The van der Waals surface area contributed by atoms with E-state index in [2.05, 4.69) is 5.32 Å². The smallest absolute Gasteiger partial charge is 0.310 e. The Morgan fingerprint density at radius 3 is 2.60 bits per heavy atom. The molecule has 0 bridgehead atoms. The van der Waals surface area contributed by atoms with Gasteiger partial charge in [0.2, 0.25) is 0 Å². The number of nitro benzene ring substituents is 1. The van der Waals surface area contributed by atoms with Gasteiger partial charge in [0.15, 0.2) is 9.84 Å². The van der Waals surface area contributed by atoms with Crippen molar-refractivity contribution in [2.45, 2.75) is 17.7 Å². The normalized spacial score (nSPS) is 11.1. The highest BCUT2D eigenvalue weighted by atomic mass is 32.2. The predicted octanol–water partition coefficient (Wildman–Crippen LogP) is 1.27. The van der Waals surface area contributed by atoms with E-state index in [1.165, 1.54) is 12.1 Å². The molecule has 0 amide bonds. The Bertz CT molecular complexity index is 626. The molecule has 0 aliphatic carbocycles. The number of para-hydroxylation sites is 1. The lowest BCUT2D eigenvalue weighted by molar-refractivity contribution is -0.386. The number of nitro groups is 1. The highest BCUT2D eigenvalue weighted by molar-refractivity contribution is 7.90. The van der Waals surface area contributed by atoms with Crippen LogP contribution < -0.4 is 5.32 Å². The largest absolute Gasteiger partial charge is 0.481 e. The van der Waals surface area contributed by atoms with E-state index in [0.717, 1.165) is 12.3 Å². The van der Waals surface area contributed by atoms with Crippen molar-refractivity contribution in [1.29, 1.82) is 0 Å². The highest BCUT2D eigenvalue weighted by Crippen LogP contribution is 2.31. The van der Waals surface area contributed by atoms with Crippen molar-refractivity contribution in [2.75, 3.05) is 18.1 Å². The summed E-state index contributed by atoms with van der Waals surface area (Å²) in [5, 5.41) is 22.2. The minimum absolute atomic E-state index is 0.0586. The second-order valence-corrected chi connectivity index (χ2v) is 6.09. The Hall–Kier alpha value is -2.16. The van der Waals surface area contributed by atoms with Crippen molar-refractivity contribution >= 4 is 27.2 Å². The number of carboxylic acids is 1. The Morgan fingerprint density at radius 1 is 1.45 bits per heavy atom. The molecule has 0 aromatic heterocycles. The van der Waals surface area contributed by atoms with Crippen molar-refractivity contribution in [2.24, 2.45) is 0 Å². The summed E-state index contributed by atoms with van der Waals surface area (Å²) in [6.45, 7) is 0.195.